The minimum atomic E-state index is -0.332. The lowest BCUT2D eigenvalue weighted by Gasteiger charge is -2.24. The number of carbonyl (C=O) groups is 1. The van der Waals surface area contributed by atoms with Gasteiger partial charge in [-0.15, -0.1) is 22.6 Å². The van der Waals surface area contributed by atoms with Crippen molar-refractivity contribution in [3.8, 4) is 5.88 Å². The highest BCUT2D eigenvalue weighted by Gasteiger charge is 2.14. The number of carbonyl (C=O) groups excluding carboxylic acids is 1. The predicted octanol–water partition coefficient (Wildman–Crippen LogP) is 2.24. The average molecular weight is 325 g/mol. The van der Waals surface area contributed by atoms with Gasteiger partial charge in [-0.25, -0.2) is 0 Å². The van der Waals surface area contributed by atoms with Crippen LogP contribution in [0.5, 0.6) is 5.88 Å². The number of nitrogens with one attached hydrogen (secondary N) is 1. The fourth-order valence-electron chi connectivity index (χ4n) is 2.30. The van der Waals surface area contributed by atoms with E-state index in [2.05, 4.69) is 15.2 Å². The number of rotatable bonds is 3. The van der Waals surface area contributed by atoms with Crippen molar-refractivity contribution in [3.63, 3.8) is 0 Å². The first kappa shape index (κ1) is 16.4. The van der Waals surface area contributed by atoms with Crippen molar-refractivity contribution in [1.82, 2.24) is 9.88 Å². The van der Waals surface area contributed by atoms with Gasteiger partial charge in [-0.05, 0) is 6.07 Å². The van der Waals surface area contributed by atoms with E-state index in [-0.39, 0.29) is 30.7 Å². The number of azo groups is 1. The molecule has 2 N–H and O–H groups in total. The lowest BCUT2D eigenvalue weighted by Crippen LogP contribution is -2.39. The van der Waals surface area contributed by atoms with Gasteiger partial charge in [0.05, 0.1) is 25.3 Å². The smallest absolute Gasteiger partial charge is 0.278 e. The Morgan fingerprint density at radius 1 is 1.32 bits per heavy atom. The molecule has 1 saturated heterocycles. The minimum absolute atomic E-state index is 0. The summed E-state index contributed by atoms with van der Waals surface area (Å²) in [7, 11) is 0. The normalized spacial score (nSPS) is 16.0. The molecule has 2 aromatic rings. The van der Waals surface area contributed by atoms with Gasteiger partial charge in [0.2, 0.25) is 5.88 Å². The van der Waals surface area contributed by atoms with Crippen LogP contribution >= 0.6 is 12.4 Å². The first-order valence-corrected chi connectivity index (χ1v) is 6.78. The number of ether oxygens (including phenoxy) is 1. The second kappa shape index (κ2) is 7.35. The molecular weight excluding hydrogens is 308 g/mol. The maximum absolute atomic E-state index is 11.8. The van der Waals surface area contributed by atoms with E-state index in [4.69, 9.17) is 4.74 Å². The molecule has 118 valence electrons. The molecule has 8 heteroatoms. The highest BCUT2D eigenvalue weighted by atomic mass is 35.5. The number of aromatic amines is 1. The second-order valence-electron chi connectivity index (χ2n) is 4.85. The first-order valence-electron chi connectivity index (χ1n) is 6.78. The lowest BCUT2D eigenvalue weighted by atomic mass is 10.2. The molecule has 0 unspecified atom stereocenters. The molecule has 2 heterocycles. The maximum atomic E-state index is 11.8. The Hall–Kier alpha value is -1.96. The van der Waals surface area contributed by atoms with Gasteiger partial charge in [0.15, 0.2) is 5.69 Å². The molecule has 0 atom stereocenters. The monoisotopic (exact) mass is 324 g/mol. The van der Waals surface area contributed by atoms with E-state index < -0.39 is 0 Å². The fraction of sp³-hybridized carbons (Fsp3) is 0.357. The fourth-order valence-corrected chi connectivity index (χ4v) is 2.30. The summed E-state index contributed by atoms with van der Waals surface area (Å²) in [4.78, 5) is 16.6. The number of morpholine rings is 1. The number of halogens is 1. The summed E-state index contributed by atoms with van der Waals surface area (Å²) < 4.78 is 5.22. The van der Waals surface area contributed by atoms with Gasteiger partial charge < -0.3 is 14.8 Å². The summed E-state index contributed by atoms with van der Waals surface area (Å²) in [5.41, 5.74) is 1.05. The summed E-state index contributed by atoms with van der Waals surface area (Å²) in [5.74, 6) is -0.416. The van der Waals surface area contributed by atoms with E-state index in [0.717, 1.165) is 24.0 Å². The Balaban J connectivity index is 0.00000176. The Labute approximate surface area is 133 Å². The van der Waals surface area contributed by atoms with E-state index >= 15 is 0 Å². The number of hydrogen-bond donors (Lipinski definition) is 2. The topological polar surface area (TPSA) is 90.3 Å². The van der Waals surface area contributed by atoms with E-state index in [1.54, 1.807) is 0 Å². The number of fused-ring (bicyclic) bond motifs is 1. The van der Waals surface area contributed by atoms with Gasteiger partial charge in [-0.3, -0.25) is 9.69 Å². The molecular formula is C14H17ClN4O3. The zero-order valence-corrected chi connectivity index (χ0v) is 12.7. The standard InChI is InChI=1S/C14H16N4O3.ClH/c19-12(9-18-5-7-21-8-6-18)16-17-13-10-3-1-2-4-11(10)15-14(13)20;/h1-4,15,20H,5-9H2;1H. The van der Waals surface area contributed by atoms with E-state index in [1.165, 1.54) is 0 Å². The van der Waals surface area contributed by atoms with Crippen LogP contribution in [0.4, 0.5) is 5.69 Å². The molecule has 22 heavy (non-hydrogen) atoms. The Morgan fingerprint density at radius 2 is 2.05 bits per heavy atom. The number of amides is 1. The summed E-state index contributed by atoms with van der Waals surface area (Å²) in [6.45, 7) is 2.93. The van der Waals surface area contributed by atoms with Gasteiger partial charge in [0, 0.05) is 18.5 Å². The molecule has 0 radical (unpaired) electrons. The number of benzene rings is 1. The van der Waals surface area contributed by atoms with Crippen LogP contribution in [-0.2, 0) is 9.53 Å². The van der Waals surface area contributed by atoms with Gasteiger partial charge in [-0.2, -0.15) is 0 Å². The van der Waals surface area contributed by atoms with Crippen molar-refractivity contribution in [2.24, 2.45) is 10.2 Å². The van der Waals surface area contributed by atoms with Crippen LogP contribution in [0.15, 0.2) is 34.5 Å². The molecule has 7 nitrogen and oxygen atoms in total. The molecule has 1 fully saturated rings. The largest absolute Gasteiger partial charge is 0.493 e. The molecule has 0 saturated carbocycles. The van der Waals surface area contributed by atoms with Crippen molar-refractivity contribution < 1.29 is 14.6 Å². The molecule has 0 bridgehead atoms. The van der Waals surface area contributed by atoms with Gasteiger partial charge in [0.1, 0.15) is 0 Å². The zero-order chi connectivity index (χ0) is 14.7. The molecule has 1 aliphatic rings. The molecule has 0 aliphatic carbocycles. The number of para-hydroxylation sites is 1. The zero-order valence-electron chi connectivity index (χ0n) is 11.9. The number of H-pyrrole nitrogens is 1. The van der Waals surface area contributed by atoms with Crippen LogP contribution < -0.4 is 0 Å². The van der Waals surface area contributed by atoms with Gasteiger partial charge in [-0.1, -0.05) is 18.2 Å². The van der Waals surface area contributed by atoms with Crippen molar-refractivity contribution in [1.29, 1.82) is 0 Å². The quantitative estimate of drug-likeness (QED) is 0.847. The van der Waals surface area contributed by atoms with E-state index in [1.807, 2.05) is 29.2 Å². The third-order valence-corrected chi connectivity index (χ3v) is 3.38. The third kappa shape index (κ3) is 3.62. The highest BCUT2D eigenvalue weighted by Crippen LogP contribution is 2.35. The third-order valence-electron chi connectivity index (χ3n) is 3.38. The van der Waals surface area contributed by atoms with Gasteiger partial charge >= 0.3 is 0 Å². The summed E-state index contributed by atoms with van der Waals surface area (Å²) in [6, 6.07) is 7.32. The average Bonchev–Trinajstić information content (AvgIpc) is 2.81. The molecule has 1 aromatic heterocycles. The second-order valence-corrected chi connectivity index (χ2v) is 4.85. The molecule has 1 aliphatic heterocycles. The van der Waals surface area contributed by atoms with Crippen molar-refractivity contribution in [2.45, 2.75) is 0 Å². The Bertz CT molecular complexity index is 680. The van der Waals surface area contributed by atoms with Crippen molar-refractivity contribution >= 4 is 34.9 Å². The van der Waals surface area contributed by atoms with Crippen molar-refractivity contribution in [2.75, 3.05) is 32.8 Å². The van der Waals surface area contributed by atoms with Crippen LogP contribution in [0.1, 0.15) is 0 Å². The number of aromatic nitrogens is 1. The molecule has 1 aromatic carbocycles. The molecule has 3 rings (SSSR count). The summed E-state index contributed by atoms with van der Waals surface area (Å²) in [6.07, 6.45) is 0. The van der Waals surface area contributed by atoms with Crippen molar-refractivity contribution in [3.05, 3.63) is 24.3 Å². The molecule has 1 amide bonds. The van der Waals surface area contributed by atoms with Crippen LogP contribution in [0.3, 0.4) is 0 Å². The van der Waals surface area contributed by atoms with E-state index in [0.29, 0.717) is 18.9 Å². The summed E-state index contributed by atoms with van der Waals surface area (Å²) in [5, 5.41) is 18.1. The molecule has 0 spiro atoms. The lowest BCUT2D eigenvalue weighted by molar-refractivity contribution is -0.120. The van der Waals surface area contributed by atoms with Crippen LogP contribution in [-0.4, -0.2) is 53.7 Å². The highest BCUT2D eigenvalue weighted by molar-refractivity contribution is 5.94. The number of nitrogens with zero attached hydrogens (tertiary/aromatic N) is 3. The number of hydrogen-bond acceptors (Lipinski definition) is 5. The van der Waals surface area contributed by atoms with Gasteiger partial charge in [0.25, 0.3) is 5.91 Å². The Kier molecular flexibility index (Phi) is 5.48. The number of aromatic hydroxyl groups is 1. The Morgan fingerprint density at radius 3 is 2.82 bits per heavy atom. The van der Waals surface area contributed by atoms with Crippen LogP contribution in [0.25, 0.3) is 10.9 Å². The maximum Gasteiger partial charge on any atom is 0.278 e. The van der Waals surface area contributed by atoms with Crippen LogP contribution in [0.2, 0.25) is 0 Å². The minimum Gasteiger partial charge on any atom is -0.493 e. The first-order chi connectivity index (χ1) is 10.2. The van der Waals surface area contributed by atoms with Crippen LogP contribution in [0, 0.1) is 0 Å². The summed E-state index contributed by atoms with van der Waals surface area (Å²) >= 11 is 0. The predicted molar refractivity (Wildman–Crippen MR) is 84.0 cm³/mol. The SMILES string of the molecule is Cl.O=C(CN1CCOCC1)N=Nc1c(O)[nH]c2ccccc12. The van der Waals surface area contributed by atoms with E-state index in [9.17, 15) is 9.90 Å².